The first-order chi connectivity index (χ1) is 28.7. The number of aromatic hydroxyl groups is 2. The number of aliphatic hydroxyl groups is 1. The van der Waals surface area contributed by atoms with Crippen LogP contribution in [0.1, 0.15) is 92.7 Å². The number of ether oxygens (including phenoxy) is 3. The molecular formula is C44H64N6O12. The number of carbonyl (C=O) groups excluding carboxylic acids is 6. The molecule has 0 spiro atoms. The van der Waals surface area contributed by atoms with Crippen molar-refractivity contribution in [1.82, 2.24) is 31.1 Å². The van der Waals surface area contributed by atoms with Crippen molar-refractivity contribution >= 4 is 36.0 Å². The smallest absolute Gasteiger partial charge is 0.410 e. The van der Waals surface area contributed by atoms with Crippen molar-refractivity contribution in [1.29, 1.82) is 0 Å². The molecule has 0 unspecified atom stereocenters. The van der Waals surface area contributed by atoms with Crippen LogP contribution in [0.2, 0.25) is 0 Å². The van der Waals surface area contributed by atoms with Crippen molar-refractivity contribution in [2.24, 2.45) is 0 Å². The molecule has 1 fully saturated rings. The number of piperidine rings is 1. The minimum atomic E-state index is -1.55. The lowest BCUT2D eigenvalue weighted by Crippen LogP contribution is -2.59. The molecule has 18 heteroatoms. The number of amides is 6. The molecule has 0 aromatic heterocycles. The largest absolute Gasteiger partial charge is 0.508 e. The van der Waals surface area contributed by atoms with Gasteiger partial charge in [0, 0.05) is 52.0 Å². The predicted octanol–water partition coefficient (Wildman–Crippen LogP) is 3.86. The number of nitrogens with one attached hydrogen (secondary N) is 4. The number of likely N-dealkylation sites (tertiary alicyclic amines) is 1. The van der Waals surface area contributed by atoms with Crippen LogP contribution in [0.25, 0.3) is 11.1 Å². The Morgan fingerprint density at radius 3 is 1.82 bits per heavy atom. The summed E-state index contributed by atoms with van der Waals surface area (Å²) in [5.41, 5.74) is -0.764. The third kappa shape index (κ3) is 14.7. The Morgan fingerprint density at radius 2 is 1.29 bits per heavy atom. The van der Waals surface area contributed by atoms with Crippen LogP contribution in [0.5, 0.6) is 11.5 Å². The second-order valence-electron chi connectivity index (χ2n) is 18.8. The van der Waals surface area contributed by atoms with Gasteiger partial charge in [0.15, 0.2) is 0 Å². The van der Waals surface area contributed by atoms with Gasteiger partial charge in [0.2, 0.25) is 17.7 Å². The van der Waals surface area contributed by atoms with Gasteiger partial charge in [-0.1, -0.05) is 12.1 Å². The molecule has 6 amide bonds. The van der Waals surface area contributed by atoms with Crippen LogP contribution in [-0.2, 0) is 41.4 Å². The van der Waals surface area contributed by atoms with Gasteiger partial charge in [-0.25, -0.2) is 14.4 Å². The Labute approximate surface area is 363 Å². The van der Waals surface area contributed by atoms with Gasteiger partial charge in [-0.3, -0.25) is 14.4 Å². The molecule has 0 saturated carbocycles. The quantitative estimate of drug-likeness (QED) is 0.196. The number of hydrogen-bond donors (Lipinski definition) is 7. The SMILES string of the molecule is CN1C(=O)[C@H](C[C@@H](O)CNC(=O)OC(C)(C)C)NC(=O)[C@@H](NC(=O)OC(C)(C)C)Cc2cc(ccc2O)-c2ccc(O)c(c2)C[C@H]1C(=O)NC1CCN(C(=O)OC(C)(C)C)CC1. The van der Waals surface area contributed by atoms with Crippen LogP contribution in [0.15, 0.2) is 36.4 Å². The summed E-state index contributed by atoms with van der Waals surface area (Å²) in [6, 6.07) is 4.76. The first-order valence-corrected chi connectivity index (χ1v) is 20.8. The molecule has 18 nitrogen and oxygen atoms in total. The van der Waals surface area contributed by atoms with E-state index in [-0.39, 0.29) is 36.4 Å². The molecule has 342 valence electrons. The summed E-state index contributed by atoms with van der Waals surface area (Å²) in [5.74, 6) is -2.63. The molecule has 62 heavy (non-hydrogen) atoms. The fraction of sp³-hybridized carbons (Fsp3) is 0.591. The van der Waals surface area contributed by atoms with Crippen molar-refractivity contribution in [2.75, 3.05) is 26.7 Å². The maximum absolute atomic E-state index is 14.7. The van der Waals surface area contributed by atoms with Crippen molar-refractivity contribution in [2.45, 2.75) is 141 Å². The van der Waals surface area contributed by atoms with Crippen molar-refractivity contribution in [3.05, 3.63) is 47.5 Å². The zero-order valence-corrected chi connectivity index (χ0v) is 37.4. The highest BCUT2D eigenvalue weighted by Gasteiger charge is 2.38. The van der Waals surface area contributed by atoms with E-state index in [4.69, 9.17) is 14.2 Å². The van der Waals surface area contributed by atoms with E-state index in [0.717, 1.165) is 4.90 Å². The van der Waals surface area contributed by atoms with Gasteiger partial charge < -0.3 is 60.6 Å². The van der Waals surface area contributed by atoms with Crippen LogP contribution in [0.4, 0.5) is 14.4 Å². The fourth-order valence-corrected chi connectivity index (χ4v) is 6.94. The molecule has 2 heterocycles. The van der Waals surface area contributed by atoms with Gasteiger partial charge in [-0.2, -0.15) is 0 Å². The Morgan fingerprint density at radius 1 is 0.774 bits per heavy atom. The van der Waals surface area contributed by atoms with Crippen LogP contribution < -0.4 is 21.3 Å². The minimum Gasteiger partial charge on any atom is -0.508 e. The zero-order chi connectivity index (χ0) is 46.3. The summed E-state index contributed by atoms with van der Waals surface area (Å²) in [6.07, 6.45) is -3.84. The van der Waals surface area contributed by atoms with E-state index in [1.54, 1.807) is 91.5 Å². The van der Waals surface area contributed by atoms with Crippen LogP contribution in [-0.4, -0.2) is 135 Å². The summed E-state index contributed by atoms with van der Waals surface area (Å²) < 4.78 is 16.2. The number of hydrogen-bond acceptors (Lipinski definition) is 12. The zero-order valence-electron chi connectivity index (χ0n) is 37.4. The summed E-state index contributed by atoms with van der Waals surface area (Å²) in [5, 5.41) is 44.0. The normalized spacial score (nSPS) is 19.8. The van der Waals surface area contributed by atoms with E-state index >= 15 is 0 Å². The number of carbonyl (C=O) groups is 6. The Bertz CT molecular complexity index is 1960. The number of aliphatic hydroxyl groups excluding tert-OH is 1. The number of likely N-dealkylation sites (N-methyl/N-ethyl adjacent to an activating group) is 1. The summed E-state index contributed by atoms with van der Waals surface area (Å²) in [6.45, 7) is 15.5. The maximum atomic E-state index is 14.7. The van der Waals surface area contributed by atoms with E-state index in [2.05, 4.69) is 21.3 Å². The van der Waals surface area contributed by atoms with Crippen molar-refractivity contribution in [3.63, 3.8) is 0 Å². The van der Waals surface area contributed by atoms with E-state index in [1.165, 1.54) is 19.2 Å². The number of rotatable bonds is 7. The van der Waals surface area contributed by atoms with E-state index in [0.29, 0.717) is 42.6 Å². The molecular weight excluding hydrogens is 805 g/mol. The number of nitrogens with zero attached hydrogens (tertiary/aromatic N) is 2. The highest BCUT2D eigenvalue weighted by atomic mass is 16.6. The molecule has 2 aliphatic rings. The van der Waals surface area contributed by atoms with Gasteiger partial charge in [-0.05, 0) is 122 Å². The molecule has 0 radical (unpaired) electrons. The lowest BCUT2D eigenvalue weighted by molar-refractivity contribution is -0.143. The van der Waals surface area contributed by atoms with Gasteiger partial charge in [0.25, 0.3) is 0 Å². The monoisotopic (exact) mass is 868 g/mol. The van der Waals surface area contributed by atoms with E-state index < -0.39 is 89.5 Å². The van der Waals surface area contributed by atoms with Crippen LogP contribution in [0, 0.1) is 0 Å². The number of fused-ring (bicyclic) bond motifs is 5. The summed E-state index contributed by atoms with van der Waals surface area (Å²) in [7, 11) is 1.36. The second kappa shape index (κ2) is 19.9. The van der Waals surface area contributed by atoms with Crippen LogP contribution >= 0.6 is 0 Å². The molecule has 2 aliphatic heterocycles. The molecule has 2 aromatic rings. The molecule has 4 bridgehead atoms. The van der Waals surface area contributed by atoms with Crippen molar-refractivity contribution in [3.8, 4) is 22.6 Å². The first-order valence-electron chi connectivity index (χ1n) is 20.8. The predicted molar refractivity (Wildman–Crippen MR) is 228 cm³/mol. The summed E-state index contributed by atoms with van der Waals surface area (Å²) in [4.78, 5) is 84.4. The first kappa shape index (κ1) is 48.9. The minimum absolute atomic E-state index is 0.156. The number of alkyl carbamates (subject to hydrolysis) is 2. The second-order valence-corrected chi connectivity index (χ2v) is 18.8. The molecule has 1 saturated heterocycles. The number of benzene rings is 2. The molecule has 4 atom stereocenters. The van der Waals surface area contributed by atoms with Gasteiger partial charge >= 0.3 is 18.3 Å². The third-order valence-electron chi connectivity index (χ3n) is 9.95. The number of phenolic OH excluding ortho intramolecular Hbond substituents is 2. The van der Waals surface area contributed by atoms with E-state index in [1.807, 2.05) is 0 Å². The Kier molecular flexibility index (Phi) is 15.7. The lowest BCUT2D eigenvalue weighted by atomic mass is 9.95. The standard InChI is InChI=1S/C44H64N6O12/c1-42(2,3)60-39(57)45-24-30(51)23-32-38(56)49(10)33(37(55)46-29-15-17-50(18-16-29)41(59)62-44(7,8)9)22-28-20-26(12-14-35(28)53)25-11-13-34(52)27(19-25)21-31(36(54)47-32)48-40(58)61-43(4,5)6/h11-14,19-20,29-33,51-53H,15-18,21-24H2,1-10H3,(H,45,57)(H,46,55)(H,47,54)(H,48,58)/t30-,31+,32+,33+/m1/s1. The number of phenols is 2. The summed E-state index contributed by atoms with van der Waals surface area (Å²) >= 11 is 0. The van der Waals surface area contributed by atoms with Gasteiger partial charge in [0.05, 0.1) is 6.10 Å². The molecule has 2 aromatic carbocycles. The Hall–Kier alpha value is -5.78. The molecule has 4 rings (SSSR count). The third-order valence-corrected chi connectivity index (χ3v) is 9.95. The lowest BCUT2D eigenvalue weighted by Gasteiger charge is -2.36. The fourth-order valence-electron chi connectivity index (χ4n) is 6.94. The topological polar surface area (TPSA) is 245 Å². The molecule has 7 N–H and O–H groups in total. The maximum Gasteiger partial charge on any atom is 0.410 e. The Balaban J connectivity index is 1.75. The molecule has 0 aliphatic carbocycles. The van der Waals surface area contributed by atoms with Crippen molar-refractivity contribution < 1.29 is 58.3 Å². The highest BCUT2D eigenvalue weighted by Crippen LogP contribution is 2.32. The van der Waals surface area contributed by atoms with Gasteiger partial charge in [0.1, 0.15) is 46.4 Å². The highest BCUT2D eigenvalue weighted by molar-refractivity contribution is 5.94. The van der Waals surface area contributed by atoms with Crippen LogP contribution in [0.3, 0.4) is 0 Å². The van der Waals surface area contributed by atoms with Gasteiger partial charge in [-0.15, -0.1) is 0 Å². The van der Waals surface area contributed by atoms with E-state index in [9.17, 15) is 44.1 Å². The average molecular weight is 869 g/mol. The average Bonchev–Trinajstić information content (AvgIpc) is 3.14.